The second-order valence-corrected chi connectivity index (χ2v) is 10.8. The number of H-pyrrole nitrogens is 1. The molecule has 0 spiro atoms. The maximum absolute atomic E-state index is 12.9. The molecule has 230 valence electrons. The van der Waals surface area contributed by atoms with Gasteiger partial charge in [0.15, 0.2) is 5.82 Å². The zero-order valence-electron chi connectivity index (χ0n) is 24.5. The number of nitrogens with zero attached hydrogens (tertiary/aromatic N) is 3. The second-order valence-electron chi connectivity index (χ2n) is 10.4. The number of amides is 2. The fourth-order valence-electron chi connectivity index (χ4n) is 5.04. The van der Waals surface area contributed by atoms with Crippen LogP contribution in [0.4, 0.5) is 5.69 Å². The van der Waals surface area contributed by atoms with E-state index in [-0.39, 0.29) is 30.3 Å². The van der Waals surface area contributed by atoms with E-state index < -0.39 is 0 Å². The van der Waals surface area contributed by atoms with E-state index in [1.165, 1.54) is 0 Å². The molecule has 1 aliphatic rings. The van der Waals surface area contributed by atoms with E-state index >= 15 is 0 Å². The number of nitrogens with one attached hydrogen (secondary N) is 5. The molecule has 3 aromatic heterocycles. The average Bonchev–Trinajstić information content (AvgIpc) is 3.68. The van der Waals surface area contributed by atoms with Gasteiger partial charge in [-0.1, -0.05) is 29.8 Å². The van der Waals surface area contributed by atoms with Gasteiger partial charge in [-0.15, -0.1) is 0 Å². The molecule has 1 aliphatic heterocycles. The summed E-state index contributed by atoms with van der Waals surface area (Å²) in [6.45, 7) is 3.99. The SMILES string of the molecule is COc1nc(-c2ccnc(-c3cccc(NC(=O)c4nc(CNCCO)c[nH]4)c3C)c2Cl)ccc1CNC[C@@H]1CCC(=O)N1. The summed E-state index contributed by atoms with van der Waals surface area (Å²) in [5.41, 5.74) is 5.57. The standard InChI is InChI=1S/C31H35ClN8O4/c1-18-22(4-3-5-24(18)39-30(43)29-36-17-21(38-29)16-33-12-13-41)28-27(32)23(10-11-35-28)25-8-6-19(31(40-25)44-2)14-34-15-20-7-9-26(42)37-20/h3-6,8,10-11,17,20,33-34,41H,7,9,12-16H2,1-2H3,(H,36,38)(H,37,42)(H,39,43)/t20-/m0/s1. The third-order valence-corrected chi connectivity index (χ3v) is 7.75. The van der Waals surface area contributed by atoms with E-state index in [0.29, 0.717) is 71.8 Å². The van der Waals surface area contributed by atoms with Crippen molar-refractivity contribution in [3.8, 4) is 28.4 Å². The molecule has 1 aromatic carbocycles. The van der Waals surface area contributed by atoms with Crippen LogP contribution < -0.4 is 26.0 Å². The largest absolute Gasteiger partial charge is 0.481 e. The smallest absolute Gasteiger partial charge is 0.291 e. The van der Waals surface area contributed by atoms with Crippen molar-refractivity contribution in [2.75, 3.05) is 32.1 Å². The highest BCUT2D eigenvalue weighted by atomic mass is 35.5. The number of pyridine rings is 2. The van der Waals surface area contributed by atoms with Gasteiger partial charge in [0, 0.05) is 73.4 Å². The van der Waals surface area contributed by atoms with Crippen LogP contribution in [0, 0.1) is 6.92 Å². The van der Waals surface area contributed by atoms with Gasteiger partial charge in [-0.2, -0.15) is 0 Å². The van der Waals surface area contributed by atoms with Crippen LogP contribution in [0.2, 0.25) is 5.02 Å². The van der Waals surface area contributed by atoms with Crippen molar-refractivity contribution < 1.29 is 19.4 Å². The van der Waals surface area contributed by atoms with Crippen LogP contribution in [0.1, 0.15) is 40.3 Å². The van der Waals surface area contributed by atoms with E-state index in [1.807, 2.05) is 31.2 Å². The summed E-state index contributed by atoms with van der Waals surface area (Å²) in [5, 5.41) is 21.6. The van der Waals surface area contributed by atoms with Gasteiger partial charge in [-0.3, -0.25) is 14.6 Å². The van der Waals surface area contributed by atoms with Crippen molar-refractivity contribution in [1.29, 1.82) is 0 Å². The number of hydrogen-bond donors (Lipinski definition) is 6. The number of aromatic nitrogens is 4. The number of carbonyl (C=O) groups excluding carboxylic acids is 2. The number of benzene rings is 1. The summed E-state index contributed by atoms with van der Waals surface area (Å²) in [7, 11) is 1.58. The summed E-state index contributed by atoms with van der Waals surface area (Å²) < 4.78 is 5.60. The Kier molecular flexibility index (Phi) is 10.2. The molecule has 12 nitrogen and oxygen atoms in total. The highest BCUT2D eigenvalue weighted by molar-refractivity contribution is 6.35. The van der Waals surface area contributed by atoms with Crippen LogP contribution >= 0.6 is 11.6 Å². The van der Waals surface area contributed by atoms with Crippen LogP contribution in [0.15, 0.2) is 48.8 Å². The highest BCUT2D eigenvalue weighted by Crippen LogP contribution is 2.38. The number of carbonyl (C=O) groups is 2. The normalized spacial score (nSPS) is 14.5. The molecule has 4 heterocycles. The first-order valence-electron chi connectivity index (χ1n) is 14.3. The first-order valence-corrected chi connectivity index (χ1v) is 14.7. The molecule has 1 fully saturated rings. The summed E-state index contributed by atoms with van der Waals surface area (Å²) in [6, 6.07) is 11.3. The number of imidazole rings is 1. The van der Waals surface area contributed by atoms with Gasteiger partial charge in [0.1, 0.15) is 0 Å². The molecule has 4 aromatic rings. The highest BCUT2D eigenvalue weighted by Gasteiger charge is 2.21. The maximum atomic E-state index is 12.9. The number of ether oxygens (including phenoxy) is 1. The second kappa shape index (κ2) is 14.4. The molecule has 44 heavy (non-hydrogen) atoms. The first-order chi connectivity index (χ1) is 21.4. The number of rotatable bonds is 13. The number of aromatic amines is 1. The molecule has 0 unspecified atom stereocenters. The zero-order chi connectivity index (χ0) is 31.1. The Bertz CT molecular complexity index is 1640. The van der Waals surface area contributed by atoms with E-state index in [9.17, 15) is 9.59 Å². The third-order valence-electron chi connectivity index (χ3n) is 7.37. The number of hydrogen-bond acceptors (Lipinski definition) is 9. The Morgan fingerprint density at radius 2 is 2.00 bits per heavy atom. The molecular weight excluding hydrogens is 584 g/mol. The Morgan fingerprint density at radius 3 is 2.77 bits per heavy atom. The number of methoxy groups -OCH3 is 1. The average molecular weight is 619 g/mol. The predicted octanol–water partition coefficient (Wildman–Crippen LogP) is 3.21. The zero-order valence-corrected chi connectivity index (χ0v) is 25.3. The van der Waals surface area contributed by atoms with Crippen molar-refractivity contribution in [3.05, 3.63) is 76.5 Å². The fraction of sp³-hybridized carbons (Fsp3) is 0.323. The topological polar surface area (TPSA) is 166 Å². The van der Waals surface area contributed by atoms with Crippen LogP contribution in [0.5, 0.6) is 5.88 Å². The van der Waals surface area contributed by atoms with E-state index in [4.69, 9.17) is 26.4 Å². The summed E-state index contributed by atoms with van der Waals surface area (Å²) >= 11 is 6.95. The number of aliphatic hydroxyl groups is 1. The van der Waals surface area contributed by atoms with Crippen molar-refractivity contribution in [1.82, 2.24) is 35.9 Å². The molecule has 0 radical (unpaired) electrons. The van der Waals surface area contributed by atoms with Crippen molar-refractivity contribution >= 4 is 29.1 Å². The number of halogens is 1. The lowest BCUT2D eigenvalue weighted by Crippen LogP contribution is -2.35. The Hall–Kier alpha value is -4.36. The minimum absolute atomic E-state index is 0.0218. The molecule has 1 atom stereocenters. The van der Waals surface area contributed by atoms with Gasteiger partial charge >= 0.3 is 0 Å². The van der Waals surface area contributed by atoms with E-state index in [0.717, 1.165) is 23.1 Å². The molecule has 2 amide bonds. The Labute approximate surface area is 260 Å². The van der Waals surface area contributed by atoms with Crippen molar-refractivity contribution in [3.63, 3.8) is 0 Å². The predicted molar refractivity (Wildman–Crippen MR) is 167 cm³/mol. The summed E-state index contributed by atoms with van der Waals surface area (Å²) in [5.74, 6) is 0.363. The monoisotopic (exact) mass is 618 g/mol. The van der Waals surface area contributed by atoms with Gasteiger partial charge in [-0.05, 0) is 37.1 Å². The van der Waals surface area contributed by atoms with Crippen LogP contribution in [-0.2, 0) is 17.9 Å². The van der Waals surface area contributed by atoms with Crippen LogP contribution in [0.25, 0.3) is 22.5 Å². The number of anilines is 1. The maximum Gasteiger partial charge on any atom is 0.291 e. The molecule has 0 bridgehead atoms. The minimum Gasteiger partial charge on any atom is -0.481 e. The minimum atomic E-state index is -0.384. The molecule has 13 heteroatoms. The molecule has 5 rings (SSSR count). The molecule has 6 N–H and O–H groups in total. The Balaban J connectivity index is 1.32. The lowest BCUT2D eigenvalue weighted by Gasteiger charge is -2.15. The van der Waals surface area contributed by atoms with Gasteiger partial charge in [0.2, 0.25) is 11.8 Å². The van der Waals surface area contributed by atoms with E-state index in [1.54, 1.807) is 31.6 Å². The molecule has 0 aliphatic carbocycles. The van der Waals surface area contributed by atoms with Gasteiger partial charge in [-0.25, -0.2) is 9.97 Å². The Morgan fingerprint density at radius 1 is 1.14 bits per heavy atom. The summed E-state index contributed by atoms with van der Waals surface area (Å²) in [6.07, 6.45) is 4.72. The van der Waals surface area contributed by atoms with Crippen molar-refractivity contribution in [2.45, 2.75) is 38.9 Å². The first kappa shape index (κ1) is 31.1. The molecule has 0 saturated carbocycles. The summed E-state index contributed by atoms with van der Waals surface area (Å²) in [4.78, 5) is 40.9. The third kappa shape index (κ3) is 7.22. The van der Waals surface area contributed by atoms with Crippen LogP contribution in [0.3, 0.4) is 0 Å². The van der Waals surface area contributed by atoms with Gasteiger partial charge in [0.25, 0.3) is 5.91 Å². The van der Waals surface area contributed by atoms with Gasteiger partial charge in [0.05, 0.1) is 35.8 Å². The fourth-order valence-corrected chi connectivity index (χ4v) is 5.35. The lowest BCUT2D eigenvalue weighted by molar-refractivity contribution is -0.119. The molecule has 1 saturated heterocycles. The van der Waals surface area contributed by atoms with Gasteiger partial charge < -0.3 is 36.1 Å². The van der Waals surface area contributed by atoms with Crippen LogP contribution in [-0.4, -0.2) is 69.7 Å². The molecular formula is C31H35ClN8O4. The number of aliphatic hydroxyl groups excluding tert-OH is 1. The lowest BCUT2D eigenvalue weighted by atomic mass is 10.0. The van der Waals surface area contributed by atoms with Crippen molar-refractivity contribution in [2.24, 2.45) is 0 Å². The van der Waals surface area contributed by atoms with E-state index in [2.05, 4.69) is 36.2 Å². The quantitative estimate of drug-likeness (QED) is 0.123.